The predicted octanol–water partition coefficient (Wildman–Crippen LogP) is 9.51. The van der Waals surface area contributed by atoms with Crippen LogP contribution in [0, 0.1) is 35.3 Å². The van der Waals surface area contributed by atoms with Gasteiger partial charge in [0.25, 0.3) is 0 Å². The van der Waals surface area contributed by atoms with E-state index in [2.05, 4.69) is 35.7 Å². The summed E-state index contributed by atoms with van der Waals surface area (Å²) in [7, 11) is 0. The number of allylic oxidation sites excluding steroid dienone is 2. The molecule has 0 unspecified atom stereocenters. The maximum atomic E-state index is 15.1. The Hall–Kier alpha value is -3.33. The fourth-order valence-corrected chi connectivity index (χ4v) is 5.20. The number of hydrogen-bond acceptors (Lipinski definition) is 1. The van der Waals surface area contributed by atoms with Crippen molar-refractivity contribution in [2.24, 2.45) is 11.8 Å². The fraction of sp³-hybridized carbons (Fsp3) is 0.375. The summed E-state index contributed by atoms with van der Waals surface area (Å²) in [6.07, 6.45) is 9.16. The van der Waals surface area contributed by atoms with Crippen LogP contribution in [0.25, 0.3) is 10.8 Å². The molecule has 4 rings (SSSR count). The van der Waals surface area contributed by atoms with Crippen LogP contribution < -0.4 is 4.74 Å². The number of hydrogen-bond donors (Lipinski definition) is 0. The smallest absolute Gasteiger partial charge is 0.403 e. The Labute approximate surface area is 220 Å². The van der Waals surface area contributed by atoms with E-state index in [0.29, 0.717) is 5.39 Å². The molecule has 0 aromatic heterocycles. The topological polar surface area (TPSA) is 9.23 Å². The second-order valence-corrected chi connectivity index (χ2v) is 10.00. The highest BCUT2D eigenvalue weighted by Crippen LogP contribution is 2.34. The Bertz CT molecular complexity index is 1340. The molecule has 1 saturated carbocycles. The molecule has 1 aliphatic rings. The van der Waals surface area contributed by atoms with Crippen LogP contribution in [0.3, 0.4) is 0 Å². The largest absolute Gasteiger partial charge is 0.573 e. The van der Waals surface area contributed by atoms with Crippen LogP contribution in [0.1, 0.15) is 68.6 Å². The molecule has 0 heterocycles. The van der Waals surface area contributed by atoms with Gasteiger partial charge in [0.15, 0.2) is 11.6 Å². The van der Waals surface area contributed by atoms with Gasteiger partial charge in [-0.1, -0.05) is 73.9 Å². The highest BCUT2D eigenvalue weighted by molar-refractivity contribution is 5.85. The summed E-state index contributed by atoms with van der Waals surface area (Å²) in [6.45, 7) is 2.07. The molecule has 1 fully saturated rings. The van der Waals surface area contributed by atoms with Gasteiger partial charge in [-0.3, -0.25) is 0 Å². The molecular weight excluding hydrogens is 495 g/mol. The highest BCUT2D eigenvalue weighted by Gasteiger charge is 2.32. The quantitative estimate of drug-likeness (QED) is 0.169. The Morgan fingerprint density at radius 3 is 2.32 bits per heavy atom. The van der Waals surface area contributed by atoms with Crippen LogP contribution in [0.15, 0.2) is 60.7 Å². The Balaban J connectivity index is 1.38. The van der Waals surface area contributed by atoms with Gasteiger partial charge in [0.1, 0.15) is 5.82 Å². The molecule has 6 heteroatoms. The molecule has 0 amide bonds. The molecule has 0 N–H and O–H groups in total. The maximum Gasteiger partial charge on any atom is 0.573 e. The molecule has 0 bridgehead atoms. The van der Waals surface area contributed by atoms with Crippen LogP contribution in [0.2, 0.25) is 0 Å². The first-order valence-corrected chi connectivity index (χ1v) is 13.1. The van der Waals surface area contributed by atoms with E-state index in [4.69, 9.17) is 0 Å². The van der Waals surface area contributed by atoms with E-state index < -0.39 is 23.7 Å². The van der Waals surface area contributed by atoms with E-state index in [1.165, 1.54) is 50.2 Å². The zero-order valence-corrected chi connectivity index (χ0v) is 21.4. The van der Waals surface area contributed by atoms with Crippen LogP contribution in [0.4, 0.5) is 22.0 Å². The summed E-state index contributed by atoms with van der Waals surface area (Å²) in [4.78, 5) is 0. The third-order valence-corrected chi connectivity index (χ3v) is 7.30. The second kappa shape index (κ2) is 12.5. The molecule has 0 aliphatic heterocycles. The van der Waals surface area contributed by atoms with Crippen LogP contribution in [-0.2, 0) is 6.42 Å². The lowest BCUT2D eigenvalue weighted by Crippen LogP contribution is -2.17. The lowest BCUT2D eigenvalue weighted by Gasteiger charge is -2.28. The summed E-state index contributed by atoms with van der Waals surface area (Å²) in [5, 5.41) is 1.24. The van der Waals surface area contributed by atoms with Gasteiger partial charge in [0, 0.05) is 10.9 Å². The predicted molar refractivity (Wildman–Crippen MR) is 141 cm³/mol. The summed E-state index contributed by atoms with van der Waals surface area (Å²) in [6, 6.07) is 12.0. The van der Waals surface area contributed by atoms with Crippen molar-refractivity contribution in [3.63, 3.8) is 0 Å². The van der Waals surface area contributed by atoms with Crippen LogP contribution >= 0.6 is 0 Å². The van der Waals surface area contributed by atoms with Gasteiger partial charge in [-0.05, 0) is 79.7 Å². The van der Waals surface area contributed by atoms with Crippen molar-refractivity contribution in [2.45, 2.75) is 64.7 Å². The molecule has 3 aromatic rings. The Kier molecular flexibility index (Phi) is 9.09. The van der Waals surface area contributed by atoms with Gasteiger partial charge in [-0.15, -0.1) is 13.2 Å². The lowest BCUT2D eigenvalue weighted by molar-refractivity contribution is -0.275. The maximum absolute atomic E-state index is 15.1. The standard InChI is InChI=1S/C32H31F5O/c1-2-3-4-5-22-6-8-23(9-7-22)10-11-24-13-18-28-27(20-24)17-16-26(31(28)34)15-12-25-14-19-30(29(33)21-25)38-32(35,36)37/h2-3,13-14,16-23H,4-11H2,1H3/b3-2+. The van der Waals surface area contributed by atoms with Gasteiger partial charge >= 0.3 is 6.36 Å². The van der Waals surface area contributed by atoms with E-state index in [1.54, 1.807) is 12.1 Å². The van der Waals surface area contributed by atoms with Gasteiger partial charge in [-0.25, -0.2) is 8.78 Å². The number of ether oxygens (including phenoxy) is 1. The lowest BCUT2D eigenvalue weighted by atomic mass is 9.78. The summed E-state index contributed by atoms with van der Waals surface area (Å²) in [5.41, 5.74) is 1.42. The molecule has 0 atom stereocenters. The number of fused-ring (bicyclic) bond motifs is 1. The van der Waals surface area contributed by atoms with E-state index in [9.17, 15) is 17.6 Å². The van der Waals surface area contributed by atoms with Crippen LogP contribution in [-0.4, -0.2) is 6.36 Å². The minimum atomic E-state index is -4.99. The molecule has 3 aromatic carbocycles. The summed E-state index contributed by atoms with van der Waals surface area (Å²) in [5.74, 6) is 4.26. The van der Waals surface area contributed by atoms with Crippen molar-refractivity contribution >= 4 is 10.8 Å². The van der Waals surface area contributed by atoms with E-state index >= 15 is 4.39 Å². The second-order valence-electron chi connectivity index (χ2n) is 10.00. The molecule has 0 spiro atoms. The van der Waals surface area contributed by atoms with Gasteiger partial charge < -0.3 is 4.74 Å². The number of aryl methyl sites for hydroxylation is 1. The number of rotatable bonds is 7. The summed E-state index contributed by atoms with van der Waals surface area (Å²) >= 11 is 0. The van der Waals surface area contributed by atoms with Crippen molar-refractivity contribution in [3.8, 4) is 17.6 Å². The van der Waals surface area contributed by atoms with E-state index in [1.807, 2.05) is 18.2 Å². The first-order valence-electron chi connectivity index (χ1n) is 13.1. The van der Waals surface area contributed by atoms with Gasteiger partial charge in [-0.2, -0.15) is 0 Å². The molecule has 0 saturated heterocycles. The average Bonchev–Trinajstić information content (AvgIpc) is 2.89. The third-order valence-electron chi connectivity index (χ3n) is 7.30. The Morgan fingerprint density at radius 1 is 0.895 bits per heavy atom. The van der Waals surface area contributed by atoms with Crippen molar-refractivity contribution in [1.29, 1.82) is 0 Å². The number of alkyl halides is 3. The minimum Gasteiger partial charge on any atom is -0.403 e. The number of halogens is 5. The van der Waals surface area contributed by atoms with Crippen LogP contribution in [0.5, 0.6) is 5.75 Å². The fourth-order valence-electron chi connectivity index (χ4n) is 5.20. The highest BCUT2D eigenvalue weighted by atomic mass is 19.4. The van der Waals surface area contributed by atoms with E-state index in [0.717, 1.165) is 42.2 Å². The molecule has 0 radical (unpaired) electrons. The average molecular weight is 527 g/mol. The van der Waals surface area contributed by atoms with Crippen molar-refractivity contribution in [3.05, 3.63) is 89.0 Å². The first kappa shape index (κ1) is 27.7. The zero-order valence-electron chi connectivity index (χ0n) is 21.4. The number of benzene rings is 3. The normalized spacial score (nSPS) is 17.9. The third kappa shape index (κ3) is 7.60. The molecule has 1 nitrogen and oxygen atoms in total. The van der Waals surface area contributed by atoms with Crippen molar-refractivity contribution in [1.82, 2.24) is 0 Å². The first-order chi connectivity index (χ1) is 18.2. The zero-order chi connectivity index (χ0) is 27.1. The summed E-state index contributed by atoms with van der Waals surface area (Å²) < 4.78 is 69.6. The molecule has 1 aliphatic carbocycles. The Morgan fingerprint density at radius 2 is 1.63 bits per heavy atom. The minimum absolute atomic E-state index is 0.110. The molecular formula is C32H31F5O. The van der Waals surface area contributed by atoms with Crippen molar-refractivity contribution < 1.29 is 26.7 Å². The molecule has 38 heavy (non-hydrogen) atoms. The monoisotopic (exact) mass is 526 g/mol. The van der Waals surface area contributed by atoms with Gasteiger partial charge in [0.05, 0.1) is 5.56 Å². The van der Waals surface area contributed by atoms with Gasteiger partial charge in [0.2, 0.25) is 0 Å². The van der Waals surface area contributed by atoms with E-state index in [-0.39, 0.29) is 11.1 Å². The SMILES string of the molecule is C/C=C/CCC1CCC(CCc2ccc3c(F)c(C#Cc4ccc(OC(F)(F)F)c(F)c4)ccc3c2)CC1. The molecule has 200 valence electrons. The van der Waals surface area contributed by atoms with Crippen molar-refractivity contribution in [2.75, 3.05) is 0 Å².